The third-order valence-corrected chi connectivity index (χ3v) is 3.09. The molecule has 3 heterocycles. The van der Waals surface area contributed by atoms with Gasteiger partial charge in [-0.25, -0.2) is 4.98 Å². The average molecular weight is 312 g/mol. The highest BCUT2D eigenvalue weighted by atomic mass is 16.5. The summed E-state index contributed by atoms with van der Waals surface area (Å²) < 4.78 is 12.4. The summed E-state index contributed by atoms with van der Waals surface area (Å²) in [6.07, 6.45) is 5.20. The maximum absolute atomic E-state index is 5.38. The van der Waals surface area contributed by atoms with E-state index in [1.165, 1.54) is 14.2 Å². The molecule has 0 saturated carbocycles. The molecule has 0 aliphatic heterocycles. The molecule has 0 fully saturated rings. The van der Waals surface area contributed by atoms with Crippen molar-refractivity contribution in [3.63, 3.8) is 0 Å². The van der Waals surface area contributed by atoms with E-state index in [4.69, 9.17) is 9.47 Å². The molecule has 0 unspecified atom stereocenters. The van der Waals surface area contributed by atoms with Gasteiger partial charge in [0.1, 0.15) is 5.69 Å². The van der Waals surface area contributed by atoms with E-state index in [-0.39, 0.29) is 0 Å². The van der Waals surface area contributed by atoms with Crippen LogP contribution in [0.4, 0.5) is 11.5 Å². The predicted octanol–water partition coefficient (Wildman–Crippen LogP) is 2.03. The summed E-state index contributed by atoms with van der Waals surface area (Å²) in [7, 11) is 4.90. The van der Waals surface area contributed by atoms with Crippen LogP contribution in [-0.2, 0) is 7.05 Å². The Kier molecular flexibility index (Phi) is 4.05. The fraction of sp³-hybridized carbons (Fsp3) is 0.200. The minimum atomic E-state index is 0.328. The van der Waals surface area contributed by atoms with E-state index < -0.39 is 0 Å². The molecule has 0 bridgehead atoms. The van der Waals surface area contributed by atoms with Gasteiger partial charge in [0.2, 0.25) is 5.75 Å². The molecule has 3 aromatic rings. The van der Waals surface area contributed by atoms with Gasteiger partial charge in [0.05, 0.1) is 26.1 Å². The van der Waals surface area contributed by atoms with Gasteiger partial charge in [-0.1, -0.05) is 6.07 Å². The lowest BCUT2D eigenvalue weighted by atomic mass is 10.3. The van der Waals surface area contributed by atoms with E-state index in [0.717, 1.165) is 5.69 Å². The number of hydrogen-bond acceptors (Lipinski definition) is 7. The molecule has 0 spiro atoms. The Bertz CT molecular complexity index is 803. The Morgan fingerprint density at radius 1 is 1.13 bits per heavy atom. The number of rotatable bonds is 5. The summed E-state index contributed by atoms with van der Waals surface area (Å²) in [5, 5.41) is 7.28. The summed E-state index contributed by atoms with van der Waals surface area (Å²) >= 11 is 0. The number of ether oxygens (including phenoxy) is 2. The van der Waals surface area contributed by atoms with Crippen LogP contribution >= 0.6 is 0 Å². The second-order valence-corrected chi connectivity index (χ2v) is 4.68. The predicted molar refractivity (Wildman–Crippen MR) is 84.9 cm³/mol. The van der Waals surface area contributed by atoms with E-state index in [2.05, 4.69) is 25.4 Å². The van der Waals surface area contributed by atoms with Gasteiger partial charge in [-0.3, -0.25) is 9.67 Å². The number of aryl methyl sites for hydroxylation is 1. The van der Waals surface area contributed by atoms with Crippen LogP contribution in [-0.4, -0.2) is 39.0 Å². The Hall–Kier alpha value is -3.16. The van der Waals surface area contributed by atoms with E-state index in [9.17, 15) is 0 Å². The van der Waals surface area contributed by atoms with Crippen LogP contribution in [0.25, 0.3) is 11.5 Å². The number of anilines is 2. The van der Waals surface area contributed by atoms with E-state index >= 15 is 0 Å². The first kappa shape index (κ1) is 14.8. The number of hydrogen-bond donors (Lipinski definition) is 1. The summed E-state index contributed by atoms with van der Waals surface area (Å²) in [5.74, 6) is 1.66. The first-order valence-corrected chi connectivity index (χ1v) is 6.88. The smallest absolute Gasteiger partial charge is 0.262 e. The van der Waals surface area contributed by atoms with Crippen molar-refractivity contribution < 1.29 is 9.47 Å². The van der Waals surface area contributed by atoms with Gasteiger partial charge in [0, 0.05) is 19.4 Å². The van der Waals surface area contributed by atoms with Crippen molar-refractivity contribution >= 4 is 11.5 Å². The molecule has 0 aromatic carbocycles. The standard InChI is InChI=1S/C15H16N6O2/c1-21-9-10(8-17-21)18-14-12(22-2)15(23-3)20-13(19-14)11-6-4-5-7-16-11/h4-9H,1-3H3,(H,18,19,20). The van der Waals surface area contributed by atoms with E-state index in [1.807, 2.05) is 31.4 Å². The lowest BCUT2D eigenvalue weighted by Crippen LogP contribution is -2.04. The van der Waals surface area contributed by atoms with Crippen molar-refractivity contribution in [3.8, 4) is 23.1 Å². The van der Waals surface area contributed by atoms with Crippen molar-refractivity contribution in [2.75, 3.05) is 19.5 Å². The molecule has 23 heavy (non-hydrogen) atoms. The topological polar surface area (TPSA) is 87.0 Å². The van der Waals surface area contributed by atoms with Crippen molar-refractivity contribution in [2.24, 2.45) is 7.05 Å². The van der Waals surface area contributed by atoms with Gasteiger partial charge >= 0.3 is 0 Å². The van der Waals surface area contributed by atoms with Crippen LogP contribution in [0.5, 0.6) is 11.6 Å². The molecule has 0 radical (unpaired) electrons. The fourth-order valence-corrected chi connectivity index (χ4v) is 2.07. The molecule has 118 valence electrons. The molecule has 8 nitrogen and oxygen atoms in total. The monoisotopic (exact) mass is 312 g/mol. The zero-order valence-electron chi connectivity index (χ0n) is 13.0. The number of aromatic nitrogens is 5. The molecular formula is C15H16N6O2. The van der Waals surface area contributed by atoms with Crippen LogP contribution in [0.2, 0.25) is 0 Å². The SMILES string of the molecule is COc1nc(-c2ccccn2)nc(Nc2cnn(C)c2)c1OC. The van der Waals surface area contributed by atoms with Crippen LogP contribution < -0.4 is 14.8 Å². The van der Waals surface area contributed by atoms with Crippen LogP contribution in [0.1, 0.15) is 0 Å². The molecule has 0 aliphatic rings. The third kappa shape index (κ3) is 3.05. The van der Waals surface area contributed by atoms with Crippen molar-refractivity contribution in [2.45, 2.75) is 0 Å². The molecule has 3 rings (SSSR count). The zero-order valence-corrected chi connectivity index (χ0v) is 13.0. The Morgan fingerprint density at radius 3 is 2.61 bits per heavy atom. The van der Waals surface area contributed by atoms with Crippen LogP contribution in [0.3, 0.4) is 0 Å². The Labute approximate surface area is 133 Å². The highest BCUT2D eigenvalue weighted by Crippen LogP contribution is 2.35. The number of pyridine rings is 1. The minimum absolute atomic E-state index is 0.328. The molecular weight excluding hydrogens is 296 g/mol. The number of nitrogens with one attached hydrogen (secondary N) is 1. The molecule has 1 N–H and O–H groups in total. The second kappa shape index (κ2) is 6.30. The maximum atomic E-state index is 5.38. The van der Waals surface area contributed by atoms with Gasteiger partial charge in [-0.05, 0) is 12.1 Å². The fourth-order valence-electron chi connectivity index (χ4n) is 2.07. The molecule has 8 heteroatoms. The van der Waals surface area contributed by atoms with E-state index in [0.29, 0.717) is 29.0 Å². The summed E-state index contributed by atoms with van der Waals surface area (Å²) in [5.41, 5.74) is 1.42. The quantitative estimate of drug-likeness (QED) is 0.771. The molecule has 3 aromatic heterocycles. The molecule has 0 atom stereocenters. The first-order valence-electron chi connectivity index (χ1n) is 6.88. The van der Waals surface area contributed by atoms with Gasteiger partial charge in [-0.15, -0.1) is 0 Å². The summed E-state index contributed by atoms with van der Waals surface area (Å²) in [4.78, 5) is 13.1. The third-order valence-electron chi connectivity index (χ3n) is 3.09. The average Bonchev–Trinajstić information content (AvgIpc) is 2.99. The van der Waals surface area contributed by atoms with Crippen LogP contribution in [0, 0.1) is 0 Å². The highest BCUT2D eigenvalue weighted by molar-refractivity contribution is 5.67. The van der Waals surface area contributed by atoms with Gasteiger partial charge in [0.15, 0.2) is 11.6 Å². The molecule has 0 saturated heterocycles. The molecule has 0 aliphatic carbocycles. The van der Waals surface area contributed by atoms with E-state index in [1.54, 1.807) is 17.1 Å². The zero-order chi connectivity index (χ0) is 16.2. The number of methoxy groups -OCH3 is 2. The Morgan fingerprint density at radius 2 is 2.00 bits per heavy atom. The Balaban J connectivity index is 2.08. The van der Waals surface area contributed by atoms with Crippen molar-refractivity contribution in [1.29, 1.82) is 0 Å². The minimum Gasteiger partial charge on any atom is -0.489 e. The first-order chi connectivity index (χ1) is 11.2. The largest absolute Gasteiger partial charge is 0.489 e. The normalized spacial score (nSPS) is 10.4. The molecule has 0 amide bonds. The highest BCUT2D eigenvalue weighted by Gasteiger charge is 2.18. The summed E-state index contributed by atoms with van der Waals surface area (Å²) in [6.45, 7) is 0. The lowest BCUT2D eigenvalue weighted by molar-refractivity contribution is 0.343. The number of nitrogens with zero attached hydrogens (tertiary/aromatic N) is 5. The summed E-state index contributed by atoms with van der Waals surface area (Å²) in [6, 6.07) is 5.53. The van der Waals surface area contributed by atoms with Crippen LogP contribution in [0.15, 0.2) is 36.8 Å². The van der Waals surface area contributed by atoms with Gasteiger partial charge < -0.3 is 14.8 Å². The van der Waals surface area contributed by atoms with Crippen molar-refractivity contribution in [1.82, 2.24) is 24.7 Å². The maximum Gasteiger partial charge on any atom is 0.262 e. The lowest BCUT2D eigenvalue weighted by Gasteiger charge is -2.13. The van der Waals surface area contributed by atoms with Gasteiger partial charge in [0.25, 0.3) is 5.88 Å². The second-order valence-electron chi connectivity index (χ2n) is 4.68. The van der Waals surface area contributed by atoms with Crippen molar-refractivity contribution in [3.05, 3.63) is 36.8 Å². The van der Waals surface area contributed by atoms with Gasteiger partial charge in [-0.2, -0.15) is 10.1 Å².